The third-order valence-corrected chi connectivity index (χ3v) is 4.15. The second-order valence-corrected chi connectivity index (χ2v) is 5.68. The molecule has 0 aromatic heterocycles. The maximum absolute atomic E-state index is 12.9. The van der Waals surface area contributed by atoms with Crippen LogP contribution in [0.2, 0.25) is 0 Å². The molecule has 0 fully saturated rings. The van der Waals surface area contributed by atoms with E-state index in [1.807, 2.05) is 42.5 Å². The van der Waals surface area contributed by atoms with E-state index in [0.29, 0.717) is 17.2 Å². The molecule has 0 unspecified atom stereocenters. The van der Waals surface area contributed by atoms with E-state index in [9.17, 15) is 9.59 Å². The van der Waals surface area contributed by atoms with Gasteiger partial charge in [-0.3, -0.25) is 9.59 Å². The molecule has 2 amide bonds. The van der Waals surface area contributed by atoms with Crippen molar-refractivity contribution < 1.29 is 19.1 Å². The van der Waals surface area contributed by atoms with Crippen LogP contribution in [0.5, 0.6) is 11.5 Å². The second kappa shape index (κ2) is 7.25. The number of para-hydroxylation sites is 3. The van der Waals surface area contributed by atoms with Gasteiger partial charge in [0.2, 0.25) is 5.91 Å². The average molecular weight is 340 g/mol. The van der Waals surface area contributed by atoms with E-state index in [2.05, 4.69) is 5.32 Å². The standard InChI is InChI=1S/C19H20N2O4/c1-20-19(23)17-12-21(14-8-4-6-10-16(14)25-17)18(22)11-13-7-3-5-9-15(13)24-2/h3-10,17H,11-12H2,1-2H3,(H,20,23)/t17-/m0/s1. The number of methoxy groups -OCH3 is 1. The predicted octanol–water partition coefficient (Wildman–Crippen LogP) is 1.78. The van der Waals surface area contributed by atoms with Crippen LogP contribution >= 0.6 is 0 Å². The number of carbonyl (C=O) groups excluding carboxylic acids is 2. The van der Waals surface area contributed by atoms with Crippen LogP contribution < -0.4 is 19.7 Å². The lowest BCUT2D eigenvalue weighted by Gasteiger charge is -2.34. The van der Waals surface area contributed by atoms with E-state index in [1.54, 1.807) is 25.1 Å². The van der Waals surface area contributed by atoms with Crippen molar-refractivity contribution in [3.63, 3.8) is 0 Å². The molecule has 0 spiro atoms. The van der Waals surface area contributed by atoms with Crippen molar-refractivity contribution in [1.29, 1.82) is 0 Å². The minimum absolute atomic E-state index is 0.117. The number of anilines is 1. The Labute approximate surface area is 146 Å². The molecular formula is C19H20N2O4. The van der Waals surface area contributed by atoms with Gasteiger partial charge in [0.25, 0.3) is 5.91 Å². The summed E-state index contributed by atoms with van der Waals surface area (Å²) >= 11 is 0. The number of ether oxygens (including phenoxy) is 2. The number of carbonyl (C=O) groups is 2. The first-order valence-corrected chi connectivity index (χ1v) is 8.03. The molecule has 1 heterocycles. The third-order valence-electron chi connectivity index (χ3n) is 4.15. The molecule has 6 nitrogen and oxygen atoms in total. The molecule has 25 heavy (non-hydrogen) atoms. The lowest BCUT2D eigenvalue weighted by Crippen LogP contribution is -2.50. The topological polar surface area (TPSA) is 67.9 Å². The van der Waals surface area contributed by atoms with Crippen molar-refractivity contribution in [2.45, 2.75) is 12.5 Å². The molecule has 1 aliphatic heterocycles. The molecule has 1 N–H and O–H groups in total. The van der Waals surface area contributed by atoms with E-state index < -0.39 is 6.10 Å². The Bertz CT molecular complexity index is 790. The van der Waals surface area contributed by atoms with E-state index in [4.69, 9.17) is 9.47 Å². The summed E-state index contributed by atoms with van der Waals surface area (Å²) in [6.07, 6.45) is -0.555. The van der Waals surface area contributed by atoms with Crippen LogP contribution in [0.15, 0.2) is 48.5 Å². The van der Waals surface area contributed by atoms with Crippen molar-refractivity contribution in [3.05, 3.63) is 54.1 Å². The Hall–Kier alpha value is -3.02. The summed E-state index contributed by atoms with van der Waals surface area (Å²) in [6.45, 7) is 0.171. The largest absolute Gasteiger partial charge is 0.496 e. The highest BCUT2D eigenvalue weighted by molar-refractivity contribution is 5.98. The Morgan fingerprint density at radius 3 is 2.68 bits per heavy atom. The molecule has 1 atom stereocenters. The summed E-state index contributed by atoms with van der Waals surface area (Å²) in [5.41, 5.74) is 1.47. The summed E-state index contributed by atoms with van der Waals surface area (Å²) in [4.78, 5) is 26.5. The average Bonchev–Trinajstić information content (AvgIpc) is 2.66. The van der Waals surface area contributed by atoms with Crippen LogP contribution in [0.1, 0.15) is 5.56 Å². The smallest absolute Gasteiger partial charge is 0.262 e. The van der Waals surface area contributed by atoms with Gasteiger partial charge in [-0.15, -0.1) is 0 Å². The number of hydrogen-bond donors (Lipinski definition) is 1. The molecule has 3 rings (SSSR count). The summed E-state index contributed by atoms with van der Waals surface area (Å²) in [6, 6.07) is 14.6. The highest BCUT2D eigenvalue weighted by Crippen LogP contribution is 2.34. The Morgan fingerprint density at radius 2 is 1.92 bits per heavy atom. The van der Waals surface area contributed by atoms with Crippen molar-refractivity contribution in [2.24, 2.45) is 0 Å². The number of hydrogen-bond acceptors (Lipinski definition) is 4. The number of fused-ring (bicyclic) bond motifs is 1. The minimum Gasteiger partial charge on any atom is -0.496 e. The van der Waals surface area contributed by atoms with Crippen molar-refractivity contribution in [3.8, 4) is 11.5 Å². The first-order valence-electron chi connectivity index (χ1n) is 8.03. The summed E-state index contributed by atoms with van der Waals surface area (Å²) < 4.78 is 11.0. The Balaban J connectivity index is 1.89. The van der Waals surface area contributed by atoms with Crippen molar-refractivity contribution in [2.75, 3.05) is 25.6 Å². The van der Waals surface area contributed by atoms with Gasteiger partial charge in [0.15, 0.2) is 6.10 Å². The molecule has 0 radical (unpaired) electrons. The van der Waals surface area contributed by atoms with Gasteiger partial charge in [-0.25, -0.2) is 0 Å². The Kier molecular flexibility index (Phi) is 4.88. The van der Waals surface area contributed by atoms with Gasteiger partial charge in [-0.1, -0.05) is 30.3 Å². The van der Waals surface area contributed by atoms with Gasteiger partial charge in [0.1, 0.15) is 11.5 Å². The SMILES string of the molecule is CNC(=O)[C@@H]1CN(C(=O)Cc2ccccc2OC)c2ccccc2O1. The molecule has 6 heteroatoms. The first kappa shape index (κ1) is 16.8. The second-order valence-electron chi connectivity index (χ2n) is 5.68. The van der Waals surface area contributed by atoms with Crippen LogP contribution in [0.3, 0.4) is 0 Å². The molecule has 2 aromatic carbocycles. The van der Waals surface area contributed by atoms with Crippen LogP contribution in [0, 0.1) is 0 Å². The monoisotopic (exact) mass is 340 g/mol. The van der Waals surface area contributed by atoms with Crippen LogP contribution in [0.4, 0.5) is 5.69 Å². The minimum atomic E-state index is -0.735. The highest BCUT2D eigenvalue weighted by Gasteiger charge is 2.33. The highest BCUT2D eigenvalue weighted by atomic mass is 16.5. The van der Waals surface area contributed by atoms with Crippen molar-refractivity contribution >= 4 is 17.5 Å². The quantitative estimate of drug-likeness (QED) is 0.921. The third kappa shape index (κ3) is 3.42. The predicted molar refractivity (Wildman–Crippen MR) is 94.0 cm³/mol. The van der Waals surface area contributed by atoms with Gasteiger partial charge in [-0.2, -0.15) is 0 Å². The number of likely N-dealkylation sites (N-methyl/N-ethyl adjacent to an activating group) is 1. The molecule has 130 valence electrons. The maximum Gasteiger partial charge on any atom is 0.262 e. The van der Waals surface area contributed by atoms with E-state index >= 15 is 0 Å². The van der Waals surface area contributed by atoms with E-state index in [-0.39, 0.29) is 24.8 Å². The zero-order valence-electron chi connectivity index (χ0n) is 14.2. The number of amides is 2. The van der Waals surface area contributed by atoms with Crippen LogP contribution in [-0.2, 0) is 16.0 Å². The fourth-order valence-electron chi connectivity index (χ4n) is 2.88. The van der Waals surface area contributed by atoms with E-state index in [1.165, 1.54) is 0 Å². The molecule has 0 saturated heterocycles. The van der Waals surface area contributed by atoms with Gasteiger partial charge in [0, 0.05) is 12.6 Å². The molecule has 0 aliphatic carbocycles. The molecule has 2 aromatic rings. The number of benzene rings is 2. The van der Waals surface area contributed by atoms with Gasteiger partial charge < -0.3 is 19.7 Å². The summed E-state index contributed by atoms with van der Waals surface area (Å²) in [5, 5.41) is 2.57. The fraction of sp³-hybridized carbons (Fsp3) is 0.263. The number of nitrogens with one attached hydrogen (secondary N) is 1. The normalized spacial score (nSPS) is 15.8. The van der Waals surface area contributed by atoms with Crippen LogP contribution in [-0.4, -0.2) is 38.6 Å². The zero-order valence-corrected chi connectivity index (χ0v) is 14.2. The van der Waals surface area contributed by atoms with Crippen molar-refractivity contribution in [1.82, 2.24) is 5.32 Å². The lowest BCUT2D eigenvalue weighted by molar-refractivity contribution is -0.127. The van der Waals surface area contributed by atoms with Crippen LogP contribution in [0.25, 0.3) is 0 Å². The first-order chi connectivity index (χ1) is 12.1. The summed E-state index contributed by atoms with van der Waals surface area (Å²) in [7, 11) is 3.13. The number of nitrogens with zero attached hydrogens (tertiary/aromatic N) is 1. The van der Waals surface area contributed by atoms with Gasteiger partial charge in [-0.05, 0) is 18.2 Å². The molecule has 0 bridgehead atoms. The fourth-order valence-corrected chi connectivity index (χ4v) is 2.88. The maximum atomic E-state index is 12.9. The molecule has 1 aliphatic rings. The Morgan fingerprint density at radius 1 is 1.20 bits per heavy atom. The molecule has 0 saturated carbocycles. The van der Waals surface area contributed by atoms with Gasteiger partial charge >= 0.3 is 0 Å². The lowest BCUT2D eigenvalue weighted by atomic mass is 10.1. The summed E-state index contributed by atoms with van der Waals surface area (Å²) in [5.74, 6) is 0.815. The number of rotatable bonds is 4. The van der Waals surface area contributed by atoms with E-state index in [0.717, 1.165) is 5.56 Å². The van der Waals surface area contributed by atoms with Gasteiger partial charge in [0.05, 0.1) is 25.8 Å². The zero-order chi connectivity index (χ0) is 17.8. The molecular weight excluding hydrogens is 320 g/mol.